The van der Waals surface area contributed by atoms with Crippen LogP contribution in [0.5, 0.6) is 0 Å². The van der Waals surface area contributed by atoms with Crippen molar-refractivity contribution in [1.29, 1.82) is 0 Å². The fraction of sp³-hybridized carbons (Fsp3) is 1.00. The number of rotatable bonds is 1. The molecule has 3 fully saturated rings. The Hall–Kier alpha value is -0.170. The maximum absolute atomic E-state index is 11.6. The van der Waals surface area contributed by atoms with Crippen molar-refractivity contribution in [3.8, 4) is 0 Å². The summed E-state index contributed by atoms with van der Waals surface area (Å²) >= 11 is 0. The molecule has 3 aliphatic heterocycles. The van der Waals surface area contributed by atoms with Crippen LogP contribution in [0.1, 0.15) is 19.8 Å². The van der Waals surface area contributed by atoms with Crippen LogP contribution >= 0.6 is 0 Å². The molecule has 0 bridgehead atoms. The number of aliphatic hydroxyl groups is 1. The van der Waals surface area contributed by atoms with Crippen molar-refractivity contribution < 1.29 is 13.5 Å². The van der Waals surface area contributed by atoms with Crippen LogP contribution in [0, 0.1) is 0 Å². The lowest BCUT2D eigenvalue weighted by Crippen LogP contribution is -2.60. The number of fused-ring (bicyclic) bond motifs is 1. The van der Waals surface area contributed by atoms with Crippen molar-refractivity contribution in [2.45, 2.75) is 44.0 Å². The Labute approximate surface area is 109 Å². The first-order valence-electron chi connectivity index (χ1n) is 6.84. The van der Waals surface area contributed by atoms with Crippen molar-refractivity contribution >= 4 is 9.84 Å². The van der Waals surface area contributed by atoms with Gasteiger partial charge in [0, 0.05) is 25.2 Å². The first-order chi connectivity index (χ1) is 8.46. The predicted molar refractivity (Wildman–Crippen MR) is 69.2 cm³/mol. The zero-order valence-corrected chi connectivity index (χ0v) is 11.6. The summed E-state index contributed by atoms with van der Waals surface area (Å²) in [6.45, 7) is 5.24. The quantitative estimate of drug-likeness (QED) is 0.686. The average Bonchev–Trinajstić information content (AvgIpc) is 2.80. The van der Waals surface area contributed by atoms with Gasteiger partial charge in [0.2, 0.25) is 0 Å². The van der Waals surface area contributed by atoms with E-state index in [1.165, 1.54) is 19.4 Å². The topological polar surface area (TPSA) is 60.9 Å². The third kappa shape index (κ3) is 2.19. The SMILES string of the molecule is CC1CN2CCCC2CN1C1CS(=O)(=O)CC1O. The first-order valence-corrected chi connectivity index (χ1v) is 8.67. The van der Waals surface area contributed by atoms with E-state index >= 15 is 0 Å². The van der Waals surface area contributed by atoms with Gasteiger partial charge in [0.05, 0.1) is 23.7 Å². The van der Waals surface area contributed by atoms with E-state index in [0.29, 0.717) is 12.1 Å². The van der Waals surface area contributed by atoms with E-state index in [-0.39, 0.29) is 17.5 Å². The molecule has 0 aromatic heterocycles. The first kappa shape index (κ1) is 12.8. The monoisotopic (exact) mass is 274 g/mol. The second kappa shape index (κ2) is 4.44. The van der Waals surface area contributed by atoms with E-state index in [1.807, 2.05) is 0 Å². The van der Waals surface area contributed by atoms with Gasteiger partial charge in [-0.25, -0.2) is 8.42 Å². The van der Waals surface area contributed by atoms with Crippen molar-refractivity contribution in [2.24, 2.45) is 0 Å². The van der Waals surface area contributed by atoms with Crippen LogP contribution in [0.15, 0.2) is 0 Å². The summed E-state index contributed by atoms with van der Waals surface area (Å²) in [4.78, 5) is 4.75. The Bertz CT molecular complexity index is 425. The normalized spacial score (nSPS) is 45.2. The molecule has 4 unspecified atom stereocenters. The van der Waals surface area contributed by atoms with Crippen LogP contribution in [0.25, 0.3) is 0 Å². The number of hydrogen-bond acceptors (Lipinski definition) is 5. The molecule has 0 aromatic carbocycles. The molecule has 104 valence electrons. The molecule has 18 heavy (non-hydrogen) atoms. The lowest BCUT2D eigenvalue weighted by Gasteiger charge is -2.45. The molecule has 0 aromatic rings. The molecule has 0 aliphatic carbocycles. The zero-order chi connectivity index (χ0) is 12.9. The number of nitrogens with zero attached hydrogens (tertiary/aromatic N) is 2. The molecule has 3 saturated heterocycles. The van der Waals surface area contributed by atoms with Gasteiger partial charge in [0.15, 0.2) is 9.84 Å². The van der Waals surface area contributed by atoms with E-state index in [4.69, 9.17) is 0 Å². The minimum Gasteiger partial charge on any atom is -0.390 e. The molecule has 3 heterocycles. The maximum Gasteiger partial charge on any atom is 0.154 e. The van der Waals surface area contributed by atoms with Crippen molar-refractivity contribution in [2.75, 3.05) is 31.1 Å². The minimum absolute atomic E-state index is 0.0603. The lowest BCUT2D eigenvalue weighted by atomic mass is 10.0. The zero-order valence-electron chi connectivity index (χ0n) is 10.8. The molecule has 1 N–H and O–H groups in total. The Morgan fingerprint density at radius 1 is 1.22 bits per heavy atom. The largest absolute Gasteiger partial charge is 0.390 e. The third-order valence-electron chi connectivity index (χ3n) is 4.71. The van der Waals surface area contributed by atoms with Crippen LogP contribution < -0.4 is 0 Å². The lowest BCUT2D eigenvalue weighted by molar-refractivity contribution is -0.00354. The molecule has 3 rings (SSSR count). The van der Waals surface area contributed by atoms with Crippen molar-refractivity contribution in [3.63, 3.8) is 0 Å². The van der Waals surface area contributed by atoms with Gasteiger partial charge < -0.3 is 5.11 Å². The van der Waals surface area contributed by atoms with Gasteiger partial charge >= 0.3 is 0 Å². The molecular weight excluding hydrogens is 252 g/mol. The van der Waals surface area contributed by atoms with E-state index in [0.717, 1.165) is 13.1 Å². The van der Waals surface area contributed by atoms with Crippen LogP contribution in [-0.4, -0.2) is 78.7 Å². The Balaban J connectivity index is 1.76. The van der Waals surface area contributed by atoms with Crippen LogP contribution in [-0.2, 0) is 9.84 Å². The molecule has 3 aliphatic rings. The summed E-state index contributed by atoms with van der Waals surface area (Å²) in [5.41, 5.74) is 0. The van der Waals surface area contributed by atoms with Gasteiger partial charge in [-0.15, -0.1) is 0 Å². The summed E-state index contributed by atoms with van der Waals surface area (Å²) in [6, 6.07) is 0.719. The van der Waals surface area contributed by atoms with E-state index < -0.39 is 15.9 Å². The molecule has 0 saturated carbocycles. The molecular formula is C12H22N2O3S. The van der Waals surface area contributed by atoms with E-state index in [1.54, 1.807) is 0 Å². The number of hydrogen-bond donors (Lipinski definition) is 1. The van der Waals surface area contributed by atoms with Crippen LogP contribution in [0.2, 0.25) is 0 Å². The fourth-order valence-corrected chi connectivity index (χ4v) is 5.61. The summed E-state index contributed by atoms with van der Waals surface area (Å²) in [6.07, 6.45) is 1.75. The standard InChI is InChI=1S/C12H22N2O3S/c1-9-5-13-4-2-3-10(13)6-14(9)11-7-18(16,17)8-12(11)15/h9-12,15H,2-8H2,1H3. The van der Waals surface area contributed by atoms with Gasteiger partial charge in [0.25, 0.3) is 0 Å². The second-order valence-corrected chi connectivity index (χ2v) is 8.20. The molecule has 6 heteroatoms. The van der Waals surface area contributed by atoms with Gasteiger partial charge in [-0.1, -0.05) is 0 Å². The predicted octanol–water partition coefficient (Wildman–Crippen LogP) is -0.687. The number of piperazine rings is 1. The number of sulfone groups is 1. The molecule has 5 nitrogen and oxygen atoms in total. The summed E-state index contributed by atoms with van der Waals surface area (Å²) < 4.78 is 23.3. The Morgan fingerprint density at radius 2 is 2.00 bits per heavy atom. The highest BCUT2D eigenvalue weighted by atomic mass is 32.2. The van der Waals surface area contributed by atoms with Gasteiger partial charge in [0.1, 0.15) is 0 Å². The maximum atomic E-state index is 11.6. The van der Waals surface area contributed by atoms with Crippen molar-refractivity contribution in [1.82, 2.24) is 9.80 Å². The van der Waals surface area contributed by atoms with E-state index in [9.17, 15) is 13.5 Å². The average molecular weight is 274 g/mol. The Morgan fingerprint density at radius 3 is 2.67 bits per heavy atom. The highest BCUT2D eigenvalue weighted by molar-refractivity contribution is 7.91. The van der Waals surface area contributed by atoms with Gasteiger partial charge in [-0.2, -0.15) is 0 Å². The summed E-state index contributed by atoms with van der Waals surface area (Å²) in [5, 5.41) is 10.0. The van der Waals surface area contributed by atoms with Crippen LogP contribution in [0.3, 0.4) is 0 Å². The third-order valence-corrected chi connectivity index (χ3v) is 6.40. The van der Waals surface area contributed by atoms with Gasteiger partial charge in [-0.05, 0) is 26.3 Å². The summed E-state index contributed by atoms with van der Waals surface area (Å²) in [7, 11) is -3.04. The highest BCUT2D eigenvalue weighted by Gasteiger charge is 2.45. The highest BCUT2D eigenvalue weighted by Crippen LogP contribution is 2.29. The second-order valence-electron chi connectivity index (χ2n) is 6.05. The molecule has 4 atom stereocenters. The molecule has 0 radical (unpaired) electrons. The molecule has 0 spiro atoms. The van der Waals surface area contributed by atoms with E-state index in [2.05, 4.69) is 16.7 Å². The summed E-state index contributed by atoms with van der Waals surface area (Å²) in [5.74, 6) is 0.0699. The van der Waals surface area contributed by atoms with Crippen LogP contribution in [0.4, 0.5) is 0 Å². The van der Waals surface area contributed by atoms with Gasteiger partial charge in [-0.3, -0.25) is 9.80 Å². The smallest absolute Gasteiger partial charge is 0.154 e. The molecule has 0 amide bonds. The fourth-order valence-electron chi connectivity index (χ4n) is 3.80. The van der Waals surface area contributed by atoms with Crippen molar-refractivity contribution in [3.05, 3.63) is 0 Å². The number of aliphatic hydroxyl groups excluding tert-OH is 1. The Kier molecular flexibility index (Phi) is 3.17. The minimum atomic E-state index is -3.04.